The Kier molecular flexibility index (Phi) is 14.9. The molecule has 15 heteroatoms. The number of rotatable bonds is 17. The molecule has 3 N–H and O–H groups in total. The molecule has 2 aliphatic carbocycles. The molecule has 4 unspecified atom stereocenters. The van der Waals surface area contributed by atoms with E-state index < -0.39 is 52.7 Å². The second-order valence-corrected chi connectivity index (χ2v) is 20.8. The van der Waals surface area contributed by atoms with Crippen LogP contribution in [0.5, 0.6) is 0 Å². The van der Waals surface area contributed by atoms with Gasteiger partial charge in [0.15, 0.2) is 11.5 Å². The van der Waals surface area contributed by atoms with Crippen LogP contribution in [0.15, 0.2) is 119 Å². The van der Waals surface area contributed by atoms with Crippen LogP contribution in [0.3, 0.4) is 0 Å². The fraction of sp³-hybridized carbons (Fsp3) is 0.471. The highest BCUT2D eigenvalue weighted by atomic mass is 35.5. The smallest absolute Gasteiger partial charge is 0.302 e. The number of aliphatic hydroxyl groups excluding tert-OH is 2. The molecule has 2 aromatic rings. The molecule has 0 saturated carbocycles. The molecular weight excluding hydrogens is 888 g/mol. The molecule has 0 radical (unpaired) electrons. The van der Waals surface area contributed by atoms with E-state index in [4.69, 9.17) is 16.3 Å². The Morgan fingerprint density at radius 3 is 2.42 bits per heavy atom. The zero-order valence-electron chi connectivity index (χ0n) is 37.9. The summed E-state index contributed by atoms with van der Waals surface area (Å²) in [5.41, 5.74) is 8.54. The molecule has 1 amide bonds. The van der Waals surface area contributed by atoms with Gasteiger partial charge in [0.05, 0.1) is 28.1 Å². The van der Waals surface area contributed by atoms with Crippen molar-refractivity contribution in [2.45, 2.75) is 121 Å². The molecule has 4 atom stereocenters. The van der Waals surface area contributed by atoms with Gasteiger partial charge in [0.2, 0.25) is 11.6 Å². The van der Waals surface area contributed by atoms with Crippen molar-refractivity contribution in [1.82, 2.24) is 5.32 Å². The highest BCUT2D eigenvalue weighted by Gasteiger charge is 2.61. The SMILES string of the molecule is CC1(C)C(/C=C/C2=C(Cl)C(=C/C=C3/N(CCCCS(=O)(=O)[O-])c4ccccc4C3(C)C)/CCC2)=[N+](CCCCCC(=O)NC2=CC(=O)C(C3OC(CO)C(O)C3(F)F)C=C2)c2ccccc21. The number of anilines is 1. The van der Waals surface area contributed by atoms with E-state index in [-0.39, 0.29) is 34.6 Å². The van der Waals surface area contributed by atoms with Crippen molar-refractivity contribution >= 4 is 50.5 Å². The first-order chi connectivity index (χ1) is 31.3. The summed E-state index contributed by atoms with van der Waals surface area (Å²) in [6.45, 7) is 9.31. The average molecular weight is 949 g/mol. The number of aliphatic hydroxyl groups is 2. The summed E-state index contributed by atoms with van der Waals surface area (Å²) in [6.07, 6.45) is 12.5. The first kappa shape index (κ1) is 49.3. The lowest BCUT2D eigenvalue weighted by Crippen LogP contribution is -2.45. The van der Waals surface area contributed by atoms with Crippen LogP contribution >= 0.6 is 11.6 Å². The van der Waals surface area contributed by atoms with Crippen LogP contribution in [-0.2, 0) is 35.3 Å². The topological polar surface area (TPSA) is 159 Å². The van der Waals surface area contributed by atoms with Gasteiger partial charge in [-0.2, -0.15) is 4.58 Å². The van der Waals surface area contributed by atoms with Crippen molar-refractivity contribution in [3.8, 4) is 0 Å². The van der Waals surface area contributed by atoms with E-state index in [0.717, 1.165) is 83.7 Å². The number of carbonyl (C=O) groups is 2. The quantitative estimate of drug-likeness (QED) is 0.0806. The molecule has 0 aromatic heterocycles. The molecule has 5 aliphatic rings. The summed E-state index contributed by atoms with van der Waals surface area (Å²) in [5, 5.41) is 22.6. The number of benzene rings is 2. The van der Waals surface area contributed by atoms with Gasteiger partial charge >= 0.3 is 5.92 Å². The van der Waals surface area contributed by atoms with Crippen molar-refractivity contribution in [2.75, 3.05) is 30.3 Å². The van der Waals surface area contributed by atoms with E-state index in [0.29, 0.717) is 25.8 Å². The zero-order valence-corrected chi connectivity index (χ0v) is 39.5. The molecule has 3 aliphatic heterocycles. The Morgan fingerprint density at radius 2 is 1.71 bits per heavy atom. The maximum atomic E-state index is 14.7. The van der Waals surface area contributed by atoms with Gasteiger partial charge in [0.1, 0.15) is 24.9 Å². The van der Waals surface area contributed by atoms with Crippen LogP contribution in [-0.4, -0.2) is 94.8 Å². The Bertz CT molecular complexity index is 2560. The molecule has 0 bridgehead atoms. The monoisotopic (exact) mass is 947 g/mol. The third kappa shape index (κ3) is 10.3. The summed E-state index contributed by atoms with van der Waals surface area (Å²) < 4.78 is 70.7. The molecule has 3 heterocycles. The molecule has 354 valence electrons. The minimum Gasteiger partial charge on any atom is -0.748 e. The third-order valence-electron chi connectivity index (χ3n) is 13.6. The predicted octanol–water partition coefficient (Wildman–Crippen LogP) is 8.30. The van der Waals surface area contributed by atoms with Gasteiger partial charge in [-0.1, -0.05) is 80.1 Å². The normalized spacial score (nSPS) is 25.6. The largest absolute Gasteiger partial charge is 0.748 e. The van der Waals surface area contributed by atoms with Crippen molar-refractivity contribution in [2.24, 2.45) is 5.92 Å². The van der Waals surface area contributed by atoms with E-state index in [9.17, 15) is 41.6 Å². The number of carbonyl (C=O) groups excluding carboxylic acids is 2. The third-order valence-corrected chi connectivity index (χ3v) is 14.9. The van der Waals surface area contributed by atoms with Crippen LogP contribution in [0.25, 0.3) is 0 Å². The summed E-state index contributed by atoms with van der Waals surface area (Å²) in [6, 6.07) is 16.6. The first-order valence-electron chi connectivity index (χ1n) is 22.8. The number of alkyl halides is 2. The molecule has 1 saturated heterocycles. The average Bonchev–Trinajstić information content (AvgIpc) is 3.73. The number of nitrogens with one attached hydrogen (secondary N) is 1. The van der Waals surface area contributed by atoms with Crippen molar-refractivity contribution < 1.29 is 50.9 Å². The fourth-order valence-corrected chi connectivity index (χ4v) is 10.9. The molecule has 11 nitrogen and oxygen atoms in total. The summed E-state index contributed by atoms with van der Waals surface area (Å²) in [5.74, 6) is -6.48. The Hall–Kier alpha value is -4.57. The maximum absolute atomic E-state index is 14.7. The Labute approximate surface area is 391 Å². The lowest BCUT2D eigenvalue weighted by molar-refractivity contribution is -0.438. The van der Waals surface area contributed by atoms with Crippen molar-refractivity contribution in [1.29, 1.82) is 0 Å². The number of allylic oxidation sites excluding steroid dienone is 10. The lowest BCUT2D eigenvalue weighted by atomic mass is 9.81. The van der Waals surface area contributed by atoms with Gasteiger partial charge in [0, 0.05) is 76.4 Å². The van der Waals surface area contributed by atoms with Gasteiger partial charge < -0.3 is 29.7 Å². The fourth-order valence-electron chi connectivity index (χ4n) is 10.00. The second-order valence-electron chi connectivity index (χ2n) is 18.9. The summed E-state index contributed by atoms with van der Waals surface area (Å²) in [4.78, 5) is 27.9. The number of ether oxygens (including phenoxy) is 1. The summed E-state index contributed by atoms with van der Waals surface area (Å²) in [7, 11) is -4.28. The minimum absolute atomic E-state index is 0.189. The molecule has 2 aromatic carbocycles. The van der Waals surface area contributed by atoms with Crippen LogP contribution in [0.4, 0.5) is 20.2 Å². The molecule has 1 fully saturated rings. The maximum Gasteiger partial charge on any atom is 0.302 e. The molecule has 7 rings (SSSR count). The highest BCUT2D eigenvalue weighted by molar-refractivity contribution is 7.85. The number of hydrogen-bond acceptors (Lipinski definition) is 9. The van der Waals surface area contributed by atoms with Gasteiger partial charge in [-0.05, 0) is 93.7 Å². The second kappa shape index (κ2) is 20.0. The van der Waals surface area contributed by atoms with Crippen LogP contribution in [0.1, 0.15) is 96.6 Å². The summed E-state index contributed by atoms with van der Waals surface area (Å²) >= 11 is 7.23. The van der Waals surface area contributed by atoms with Gasteiger partial charge in [-0.3, -0.25) is 9.59 Å². The number of fused-ring (bicyclic) bond motifs is 2. The minimum atomic E-state index is -4.28. The zero-order chi connectivity index (χ0) is 47.6. The van der Waals surface area contributed by atoms with Gasteiger partial charge in [0.25, 0.3) is 0 Å². The Balaban J connectivity index is 1.01. The van der Waals surface area contributed by atoms with Gasteiger partial charge in [-0.25, -0.2) is 17.2 Å². The van der Waals surface area contributed by atoms with Crippen LogP contribution in [0, 0.1) is 5.92 Å². The molecular formula is C51H60ClF2N3O8S. The number of unbranched alkanes of at least 4 members (excludes halogenated alkanes) is 3. The number of ketones is 1. The van der Waals surface area contributed by atoms with Crippen LogP contribution in [0.2, 0.25) is 0 Å². The lowest BCUT2D eigenvalue weighted by Gasteiger charge is -2.27. The van der Waals surface area contributed by atoms with Gasteiger partial charge in [-0.15, -0.1) is 0 Å². The van der Waals surface area contributed by atoms with E-state index in [1.165, 1.54) is 23.3 Å². The van der Waals surface area contributed by atoms with E-state index in [2.05, 4.69) is 97.1 Å². The number of para-hydroxylation sites is 2. The standard InChI is InChI=1S/C51H60ClF2N3O8S/c1-49(2)37-17-7-9-19-39(37)56(28-11-5-6-21-45(60)55-35-24-25-36(41(59)31-35)48-51(53,54)47(61)42(32-58)65-48)43(49)26-22-33-15-14-16-34(46(33)52)23-27-44-50(3,4)38-18-8-10-20-40(38)57(44)29-12-13-30-66(62,63)64/h7-10,17-20,22-27,31,36,42,47-48,58,61H,5-6,11-16,21,28-30,32H2,1-4H3,(H-,55,59,60,62,63,64). The van der Waals surface area contributed by atoms with Crippen molar-refractivity contribution in [3.63, 3.8) is 0 Å². The van der Waals surface area contributed by atoms with Crippen LogP contribution < -0.4 is 10.2 Å². The number of nitrogens with zero attached hydrogens (tertiary/aromatic N) is 2. The van der Waals surface area contributed by atoms with E-state index >= 15 is 0 Å². The van der Waals surface area contributed by atoms with E-state index in [1.54, 1.807) is 0 Å². The predicted molar refractivity (Wildman–Crippen MR) is 251 cm³/mol. The number of hydrogen-bond donors (Lipinski definition) is 3. The molecule has 0 spiro atoms. The molecule has 66 heavy (non-hydrogen) atoms. The Morgan fingerprint density at radius 1 is 0.985 bits per heavy atom. The number of amides is 1. The number of halogens is 3. The van der Waals surface area contributed by atoms with Crippen molar-refractivity contribution in [3.05, 3.63) is 130 Å². The highest BCUT2D eigenvalue weighted by Crippen LogP contribution is 2.48. The van der Waals surface area contributed by atoms with E-state index in [1.807, 2.05) is 18.2 Å². The first-order valence-corrected chi connectivity index (χ1v) is 24.8.